The van der Waals surface area contributed by atoms with Gasteiger partial charge in [0.05, 0.1) is 6.17 Å². The van der Waals surface area contributed by atoms with Crippen LogP contribution >= 0.6 is 0 Å². The van der Waals surface area contributed by atoms with Crippen LogP contribution < -0.4 is 5.32 Å². The highest BCUT2D eigenvalue weighted by molar-refractivity contribution is 6.81. The molecule has 9 heteroatoms. The van der Waals surface area contributed by atoms with Crippen molar-refractivity contribution < 1.29 is 26.5 Å². The van der Waals surface area contributed by atoms with Crippen LogP contribution in [0.15, 0.2) is 0 Å². The van der Waals surface area contributed by atoms with Crippen molar-refractivity contribution in [3.63, 3.8) is 0 Å². The van der Waals surface area contributed by atoms with Crippen molar-refractivity contribution in [1.82, 2.24) is 0 Å². The number of hydrogen-bond donors (Lipinski definition) is 2. The topological polar surface area (TPSA) is 41.5 Å². The Morgan fingerprint density at radius 3 is 1.93 bits per heavy atom. The van der Waals surface area contributed by atoms with Crippen LogP contribution in [0.3, 0.4) is 0 Å². The average Bonchev–Trinajstić information content (AvgIpc) is 2.51. The summed E-state index contributed by atoms with van der Waals surface area (Å²) in [5.74, 6) is -6.34. The molecule has 2 atom stereocenters. The van der Waals surface area contributed by atoms with Gasteiger partial charge in [-0.15, -0.1) is 0 Å². The third-order valence-electron chi connectivity index (χ3n) is 4.15. The third-order valence-corrected chi connectivity index (χ3v) is 9.19. The molecule has 0 aliphatic rings. The molecule has 1 rings (SSSR count). The monoisotopic (exact) mass is 425 g/mol. The lowest BCUT2D eigenvalue weighted by atomic mass is 9.93. The molecule has 1 aromatic rings. The standard InChI is InChI=1S/C18H31F4NO2Si2/c1-7-8-9-10-12(2)13-14(19)16(21)18(17(22)15(13)20)23-11-27(6,24)25-26(3,4)5/h12,23-24H,7-11H2,1-6H3. The van der Waals surface area contributed by atoms with Crippen molar-refractivity contribution in [2.75, 3.05) is 11.5 Å². The molecule has 0 fully saturated rings. The number of unbranched alkanes of at least 4 members (excludes halogenated alkanes) is 2. The largest absolute Gasteiger partial charge is 0.435 e. The minimum atomic E-state index is -3.29. The maximum Gasteiger partial charge on any atom is 0.341 e. The van der Waals surface area contributed by atoms with Crippen LogP contribution in [0.25, 0.3) is 0 Å². The molecule has 0 saturated heterocycles. The Kier molecular flexibility index (Phi) is 8.52. The SMILES string of the molecule is CCCCCC(C)c1c(F)c(F)c(NC[Si](C)(O)O[Si](C)(C)C)c(F)c1F. The van der Waals surface area contributed by atoms with E-state index in [1.807, 2.05) is 26.6 Å². The van der Waals surface area contributed by atoms with Gasteiger partial charge in [-0.1, -0.05) is 33.1 Å². The highest BCUT2D eigenvalue weighted by Crippen LogP contribution is 2.34. The van der Waals surface area contributed by atoms with Crippen molar-refractivity contribution in [3.8, 4) is 0 Å². The van der Waals surface area contributed by atoms with Gasteiger partial charge in [-0.3, -0.25) is 0 Å². The summed E-state index contributed by atoms with van der Waals surface area (Å²) in [4.78, 5) is 10.4. The lowest BCUT2D eigenvalue weighted by Crippen LogP contribution is -2.50. The van der Waals surface area contributed by atoms with E-state index in [4.69, 9.17) is 4.12 Å². The summed E-state index contributed by atoms with van der Waals surface area (Å²) in [6.45, 7) is 10.6. The van der Waals surface area contributed by atoms with E-state index >= 15 is 0 Å². The molecule has 27 heavy (non-hydrogen) atoms. The van der Waals surface area contributed by atoms with Crippen molar-refractivity contribution in [2.45, 2.75) is 71.6 Å². The van der Waals surface area contributed by atoms with Crippen LogP contribution in [0, 0.1) is 23.3 Å². The molecule has 156 valence electrons. The molecule has 0 bridgehead atoms. The molecule has 0 aliphatic carbocycles. The van der Waals surface area contributed by atoms with Gasteiger partial charge in [0, 0.05) is 5.56 Å². The summed E-state index contributed by atoms with van der Waals surface area (Å²) in [7, 11) is -5.37. The first-order valence-electron chi connectivity index (χ1n) is 9.33. The van der Waals surface area contributed by atoms with Crippen LogP contribution in [-0.2, 0) is 4.12 Å². The number of nitrogens with one attached hydrogen (secondary N) is 1. The van der Waals surface area contributed by atoms with Crippen LogP contribution in [0.1, 0.15) is 51.0 Å². The molecule has 0 saturated carbocycles. The summed E-state index contributed by atoms with van der Waals surface area (Å²) in [5, 5.41) is 2.32. The van der Waals surface area contributed by atoms with E-state index in [0.717, 1.165) is 19.3 Å². The molecular weight excluding hydrogens is 394 g/mol. The number of anilines is 1. The fourth-order valence-corrected chi connectivity index (χ4v) is 9.10. The lowest BCUT2D eigenvalue weighted by molar-refractivity contribution is 0.381. The maximum absolute atomic E-state index is 14.5. The minimum Gasteiger partial charge on any atom is -0.435 e. The molecule has 0 heterocycles. The molecule has 2 N–H and O–H groups in total. The first kappa shape index (κ1) is 24.1. The second kappa shape index (κ2) is 9.53. The normalized spacial score (nSPS) is 15.5. The predicted octanol–water partition coefficient (Wildman–Crippen LogP) is 5.79. The molecule has 2 unspecified atom stereocenters. The summed E-state index contributed by atoms with van der Waals surface area (Å²) >= 11 is 0. The molecule has 0 aromatic heterocycles. The predicted molar refractivity (Wildman–Crippen MR) is 106 cm³/mol. The smallest absolute Gasteiger partial charge is 0.341 e. The van der Waals surface area contributed by atoms with E-state index in [9.17, 15) is 22.4 Å². The summed E-state index contributed by atoms with van der Waals surface area (Å²) < 4.78 is 63.4. The highest BCUT2D eigenvalue weighted by Gasteiger charge is 2.35. The quantitative estimate of drug-likeness (QED) is 0.216. The Morgan fingerprint density at radius 2 is 1.48 bits per heavy atom. The molecule has 0 amide bonds. The molecule has 0 aliphatic heterocycles. The third kappa shape index (κ3) is 6.88. The van der Waals surface area contributed by atoms with E-state index in [1.165, 1.54) is 6.55 Å². The fraction of sp³-hybridized carbons (Fsp3) is 0.667. The number of rotatable bonds is 10. The van der Waals surface area contributed by atoms with Crippen LogP contribution in [-0.4, -0.2) is 27.8 Å². The Balaban J connectivity index is 3.08. The second-order valence-corrected chi connectivity index (χ2v) is 15.9. The van der Waals surface area contributed by atoms with E-state index in [2.05, 4.69) is 5.32 Å². The number of benzene rings is 1. The Bertz CT molecular complexity index is 622. The van der Waals surface area contributed by atoms with Crippen LogP contribution in [0.2, 0.25) is 26.2 Å². The number of hydrogen-bond acceptors (Lipinski definition) is 3. The van der Waals surface area contributed by atoms with Crippen molar-refractivity contribution in [2.24, 2.45) is 0 Å². The molecule has 0 spiro atoms. The summed E-state index contributed by atoms with van der Waals surface area (Å²) in [5.41, 5.74) is -1.46. The van der Waals surface area contributed by atoms with Gasteiger partial charge in [-0.05, 0) is 38.5 Å². The van der Waals surface area contributed by atoms with Gasteiger partial charge in [-0.25, -0.2) is 17.6 Å². The van der Waals surface area contributed by atoms with Gasteiger partial charge >= 0.3 is 8.56 Å². The second-order valence-electron chi connectivity index (χ2n) is 8.18. The zero-order chi connectivity index (χ0) is 21.0. The van der Waals surface area contributed by atoms with Gasteiger partial charge < -0.3 is 14.2 Å². The van der Waals surface area contributed by atoms with Gasteiger partial charge in [0.1, 0.15) is 5.69 Å². The van der Waals surface area contributed by atoms with E-state index in [1.54, 1.807) is 6.92 Å². The first-order valence-corrected chi connectivity index (χ1v) is 15.3. The number of halogens is 4. The van der Waals surface area contributed by atoms with Gasteiger partial charge in [0.15, 0.2) is 31.6 Å². The Labute approximate surface area is 161 Å². The van der Waals surface area contributed by atoms with E-state index in [0.29, 0.717) is 6.42 Å². The zero-order valence-corrected chi connectivity index (χ0v) is 19.0. The van der Waals surface area contributed by atoms with Crippen molar-refractivity contribution in [3.05, 3.63) is 28.8 Å². The van der Waals surface area contributed by atoms with E-state index in [-0.39, 0.29) is 6.17 Å². The van der Waals surface area contributed by atoms with Gasteiger partial charge in [0.25, 0.3) is 0 Å². The summed E-state index contributed by atoms with van der Waals surface area (Å²) in [6, 6.07) is 0. The minimum absolute atomic E-state index is 0.282. The highest BCUT2D eigenvalue weighted by atomic mass is 28.4. The molecular formula is C18H31F4NO2Si2. The van der Waals surface area contributed by atoms with Crippen molar-refractivity contribution >= 4 is 22.6 Å². The zero-order valence-electron chi connectivity index (χ0n) is 17.0. The molecule has 0 radical (unpaired) electrons. The average molecular weight is 426 g/mol. The van der Waals surface area contributed by atoms with Gasteiger partial charge in [0.2, 0.25) is 0 Å². The summed E-state index contributed by atoms with van der Waals surface area (Å²) in [6.07, 6.45) is 2.71. The molecule has 3 nitrogen and oxygen atoms in total. The van der Waals surface area contributed by atoms with Crippen LogP contribution in [0.5, 0.6) is 0 Å². The lowest BCUT2D eigenvalue weighted by Gasteiger charge is -2.29. The molecule has 1 aromatic carbocycles. The van der Waals surface area contributed by atoms with Crippen LogP contribution in [0.4, 0.5) is 23.2 Å². The van der Waals surface area contributed by atoms with Gasteiger partial charge in [-0.2, -0.15) is 0 Å². The fourth-order valence-electron chi connectivity index (χ4n) is 3.03. The Morgan fingerprint density at radius 1 is 0.963 bits per heavy atom. The van der Waals surface area contributed by atoms with Crippen molar-refractivity contribution in [1.29, 1.82) is 0 Å². The maximum atomic E-state index is 14.5. The van der Waals surface area contributed by atoms with E-state index < -0.39 is 57.3 Å². The first-order chi connectivity index (χ1) is 12.3. The Hall–Kier alpha value is -0.906.